The van der Waals surface area contributed by atoms with Crippen LogP contribution in [-0.4, -0.2) is 58.3 Å². The van der Waals surface area contributed by atoms with E-state index in [-0.39, 0.29) is 12.5 Å². The molecule has 2 N–H and O–H groups in total. The third-order valence-electron chi connectivity index (χ3n) is 5.57. The highest BCUT2D eigenvalue weighted by molar-refractivity contribution is 5.98. The van der Waals surface area contributed by atoms with Crippen molar-refractivity contribution in [2.45, 2.75) is 20.8 Å². The van der Waals surface area contributed by atoms with E-state index in [1.54, 1.807) is 17.0 Å². The van der Waals surface area contributed by atoms with Crippen LogP contribution in [0.4, 0.5) is 11.4 Å². The summed E-state index contributed by atoms with van der Waals surface area (Å²) >= 11 is 0. The van der Waals surface area contributed by atoms with Gasteiger partial charge in [0, 0.05) is 0 Å². The smallest absolute Gasteiger partial charge is 0.337 e. The molecule has 31 heavy (non-hydrogen) atoms. The zero-order valence-electron chi connectivity index (χ0n) is 18.8. The van der Waals surface area contributed by atoms with Crippen molar-refractivity contribution in [1.29, 1.82) is 0 Å². The van der Waals surface area contributed by atoms with Crippen LogP contribution >= 0.6 is 0 Å². The quantitative estimate of drug-likeness (QED) is 0.661. The Morgan fingerprint density at radius 1 is 1.06 bits per heavy atom. The fourth-order valence-corrected chi connectivity index (χ4v) is 3.93. The normalized spacial score (nSPS) is 14.3. The molecule has 7 heteroatoms. The van der Waals surface area contributed by atoms with E-state index in [1.165, 1.54) is 7.11 Å². The largest absolute Gasteiger partial charge is 0.484 e. The summed E-state index contributed by atoms with van der Waals surface area (Å²) in [5.41, 5.74) is 4.06. The maximum Gasteiger partial charge on any atom is 0.337 e. The highest BCUT2D eigenvalue weighted by Gasteiger charge is 2.22. The summed E-state index contributed by atoms with van der Waals surface area (Å²) in [6.07, 6.45) is 0. The molecule has 1 fully saturated rings. The molecule has 0 aromatic heterocycles. The third kappa shape index (κ3) is 5.98. The molecule has 1 saturated heterocycles. The maximum atomic E-state index is 12.7. The zero-order valence-corrected chi connectivity index (χ0v) is 18.8. The Labute approximate surface area is 183 Å². The van der Waals surface area contributed by atoms with Gasteiger partial charge in [-0.3, -0.25) is 4.79 Å². The Bertz CT molecular complexity index is 916. The Morgan fingerprint density at radius 3 is 2.35 bits per heavy atom. The number of ether oxygens (including phenoxy) is 2. The first kappa shape index (κ1) is 22.6. The number of aryl methyl sites for hydroxylation is 2. The lowest BCUT2D eigenvalue weighted by atomic mass is 10.1. The molecule has 1 heterocycles. The average Bonchev–Trinajstić information content (AvgIpc) is 2.76. The first-order valence-corrected chi connectivity index (χ1v) is 10.7. The molecule has 166 valence electrons. The summed E-state index contributed by atoms with van der Waals surface area (Å²) in [6, 6.07) is 11.1. The van der Waals surface area contributed by atoms with Gasteiger partial charge in [0.05, 0.1) is 56.8 Å². The molecule has 0 radical (unpaired) electrons. The van der Waals surface area contributed by atoms with Crippen LogP contribution in [0.25, 0.3) is 0 Å². The van der Waals surface area contributed by atoms with Crippen molar-refractivity contribution in [2.24, 2.45) is 0 Å². The van der Waals surface area contributed by atoms with Gasteiger partial charge >= 0.3 is 5.97 Å². The van der Waals surface area contributed by atoms with Crippen molar-refractivity contribution in [3.63, 3.8) is 0 Å². The molecule has 2 aromatic rings. The number of methoxy groups -OCH3 is 1. The Hall–Kier alpha value is -3.06. The van der Waals surface area contributed by atoms with Crippen LogP contribution in [0, 0.1) is 13.8 Å². The van der Waals surface area contributed by atoms with Gasteiger partial charge in [-0.25, -0.2) is 4.79 Å². The number of anilines is 2. The standard InChI is InChI=1S/C24H31N3O4/c1-5-26-8-10-27(11-9-26)22-7-6-19(24(29)30-4)15-21(22)25-23(28)16-31-20-13-17(2)12-18(3)14-20/h6-7,12-15H,5,8-11,16H2,1-4H3,(H,25,28)/p+1. The summed E-state index contributed by atoms with van der Waals surface area (Å²) in [7, 11) is 1.35. The van der Waals surface area contributed by atoms with Crippen molar-refractivity contribution < 1.29 is 24.0 Å². The third-order valence-corrected chi connectivity index (χ3v) is 5.57. The Kier molecular flexibility index (Phi) is 7.52. The molecule has 0 bridgehead atoms. The van der Waals surface area contributed by atoms with E-state index in [4.69, 9.17) is 9.47 Å². The second kappa shape index (κ2) is 10.3. The van der Waals surface area contributed by atoms with Gasteiger partial charge in [0.15, 0.2) is 6.61 Å². The molecule has 1 amide bonds. The van der Waals surface area contributed by atoms with Crippen molar-refractivity contribution >= 4 is 23.3 Å². The molecule has 1 aliphatic rings. The highest BCUT2D eigenvalue weighted by Crippen LogP contribution is 2.28. The molecular formula is C24H32N3O4+. The van der Waals surface area contributed by atoms with Crippen LogP contribution < -0.4 is 19.9 Å². The van der Waals surface area contributed by atoms with Crippen molar-refractivity contribution in [3.05, 3.63) is 53.1 Å². The number of hydrogen-bond donors (Lipinski definition) is 2. The SMILES string of the molecule is CC[NH+]1CCN(c2ccc(C(=O)OC)cc2NC(=O)COc2cc(C)cc(C)c2)CC1. The number of amides is 1. The summed E-state index contributed by atoms with van der Waals surface area (Å²) in [5.74, 6) is -0.0520. The number of esters is 1. The number of quaternary nitrogens is 1. The number of rotatable bonds is 7. The number of carbonyl (C=O) groups excluding carboxylic acids is 2. The van der Waals surface area contributed by atoms with Gasteiger partial charge in [0.1, 0.15) is 5.75 Å². The summed E-state index contributed by atoms with van der Waals surface area (Å²) in [4.78, 5) is 28.5. The molecule has 0 spiro atoms. The van der Waals surface area contributed by atoms with E-state index in [1.807, 2.05) is 32.0 Å². The first-order chi connectivity index (χ1) is 14.9. The minimum Gasteiger partial charge on any atom is -0.484 e. The number of piperazine rings is 1. The second-order valence-corrected chi connectivity index (χ2v) is 7.97. The molecule has 0 saturated carbocycles. The van der Waals surface area contributed by atoms with E-state index in [0.717, 1.165) is 49.5 Å². The summed E-state index contributed by atoms with van der Waals surface area (Å²) < 4.78 is 10.5. The molecule has 0 aliphatic carbocycles. The molecule has 3 rings (SSSR count). The number of nitrogens with one attached hydrogen (secondary N) is 2. The molecule has 7 nitrogen and oxygen atoms in total. The molecule has 1 aliphatic heterocycles. The maximum absolute atomic E-state index is 12.7. The zero-order chi connectivity index (χ0) is 22.4. The fraction of sp³-hybridized carbons (Fsp3) is 0.417. The van der Waals surface area contributed by atoms with Crippen LogP contribution in [0.3, 0.4) is 0 Å². The monoisotopic (exact) mass is 426 g/mol. The lowest BCUT2D eigenvalue weighted by molar-refractivity contribution is -0.898. The van der Waals surface area contributed by atoms with E-state index in [2.05, 4.69) is 23.2 Å². The number of nitrogens with zero attached hydrogens (tertiary/aromatic N) is 1. The van der Waals surface area contributed by atoms with E-state index >= 15 is 0 Å². The predicted molar refractivity (Wildman–Crippen MR) is 121 cm³/mol. The van der Waals surface area contributed by atoms with Gasteiger partial charge in [0.2, 0.25) is 0 Å². The van der Waals surface area contributed by atoms with Crippen LogP contribution in [0.1, 0.15) is 28.4 Å². The van der Waals surface area contributed by atoms with Gasteiger partial charge in [-0.2, -0.15) is 0 Å². The molecule has 0 unspecified atom stereocenters. The summed E-state index contributed by atoms with van der Waals surface area (Å²) in [6.45, 7) is 11.0. The Balaban J connectivity index is 1.75. The van der Waals surface area contributed by atoms with Gasteiger partial charge in [-0.15, -0.1) is 0 Å². The van der Waals surface area contributed by atoms with Gasteiger partial charge in [-0.05, 0) is 62.2 Å². The highest BCUT2D eigenvalue weighted by atomic mass is 16.5. The van der Waals surface area contributed by atoms with Crippen molar-refractivity contribution in [3.8, 4) is 5.75 Å². The topological polar surface area (TPSA) is 72.3 Å². The predicted octanol–water partition coefficient (Wildman–Crippen LogP) is 1.83. The number of benzene rings is 2. The lowest BCUT2D eigenvalue weighted by Gasteiger charge is -2.34. The van der Waals surface area contributed by atoms with E-state index < -0.39 is 5.97 Å². The van der Waals surface area contributed by atoms with Crippen LogP contribution in [0.15, 0.2) is 36.4 Å². The summed E-state index contributed by atoms with van der Waals surface area (Å²) in [5, 5.41) is 2.93. The van der Waals surface area contributed by atoms with Gasteiger partial charge < -0.3 is 24.6 Å². The number of hydrogen-bond acceptors (Lipinski definition) is 5. The van der Waals surface area contributed by atoms with E-state index in [0.29, 0.717) is 17.0 Å². The van der Waals surface area contributed by atoms with E-state index in [9.17, 15) is 9.59 Å². The number of carbonyl (C=O) groups is 2. The lowest BCUT2D eigenvalue weighted by Crippen LogP contribution is -3.14. The first-order valence-electron chi connectivity index (χ1n) is 10.7. The second-order valence-electron chi connectivity index (χ2n) is 7.97. The fourth-order valence-electron chi connectivity index (χ4n) is 3.93. The van der Waals surface area contributed by atoms with Crippen LogP contribution in [0.5, 0.6) is 5.75 Å². The molecule has 2 aromatic carbocycles. The van der Waals surface area contributed by atoms with Crippen LogP contribution in [0.2, 0.25) is 0 Å². The number of likely N-dealkylation sites (N-methyl/N-ethyl adjacent to an activating group) is 1. The minimum atomic E-state index is -0.436. The van der Waals surface area contributed by atoms with Crippen LogP contribution in [-0.2, 0) is 9.53 Å². The van der Waals surface area contributed by atoms with Gasteiger partial charge in [-0.1, -0.05) is 6.07 Å². The average molecular weight is 427 g/mol. The van der Waals surface area contributed by atoms with Crippen molar-refractivity contribution in [1.82, 2.24) is 0 Å². The minimum absolute atomic E-state index is 0.113. The molecule has 0 atom stereocenters. The molecular weight excluding hydrogens is 394 g/mol. The Morgan fingerprint density at radius 2 is 1.74 bits per heavy atom. The van der Waals surface area contributed by atoms with Gasteiger partial charge in [0.25, 0.3) is 5.91 Å². The van der Waals surface area contributed by atoms with Crippen molar-refractivity contribution in [2.75, 3.05) is 56.7 Å².